The Kier molecular flexibility index (Phi) is 8.37. The van der Waals surface area contributed by atoms with Crippen LogP contribution >= 0.6 is 22.6 Å². The number of ether oxygens (including phenoxy) is 1. The van der Waals surface area contributed by atoms with Crippen LogP contribution in [-0.2, 0) is 9.53 Å². The zero-order valence-corrected chi connectivity index (χ0v) is 17.8. The molecule has 2 unspecified atom stereocenters. The van der Waals surface area contributed by atoms with Crippen molar-refractivity contribution < 1.29 is 53.0 Å². The molecule has 1 aromatic rings. The molecular formula is C17H21F3INO8. The quantitative estimate of drug-likeness (QED) is 0.225. The van der Waals surface area contributed by atoms with Crippen LogP contribution in [0.1, 0.15) is 22.8 Å². The Bertz CT molecular complexity index is 791. The Morgan fingerprint density at radius 1 is 1.27 bits per heavy atom. The third-order valence-corrected chi connectivity index (χ3v) is 6.03. The molecule has 0 bridgehead atoms. The number of carboxylic acids is 1. The fourth-order valence-corrected chi connectivity index (χ4v) is 3.59. The molecule has 13 heteroatoms. The maximum absolute atomic E-state index is 13.1. The Balaban J connectivity index is 0.000000375. The van der Waals surface area contributed by atoms with Crippen molar-refractivity contribution in [1.82, 2.24) is 0 Å². The summed E-state index contributed by atoms with van der Waals surface area (Å²) in [5.41, 5.74) is 2.33. The van der Waals surface area contributed by atoms with Gasteiger partial charge in [0.1, 0.15) is 12.2 Å². The number of hydrogen-bond donors (Lipinski definition) is 6. The smallest absolute Gasteiger partial charge is 0.423 e. The summed E-state index contributed by atoms with van der Waals surface area (Å²) >= 11 is 0.806. The van der Waals surface area contributed by atoms with Crippen LogP contribution in [-0.4, -0.2) is 77.2 Å². The number of nitrogens with two attached hydrogens (primary N) is 1. The molecule has 1 aliphatic heterocycles. The van der Waals surface area contributed by atoms with Gasteiger partial charge in [0.05, 0.1) is 11.6 Å². The topological polar surface area (TPSA) is 171 Å². The molecule has 0 aromatic heterocycles. The third-order valence-electron chi connectivity index (χ3n) is 4.49. The lowest BCUT2D eigenvalue weighted by Crippen LogP contribution is -2.80. The van der Waals surface area contributed by atoms with Gasteiger partial charge < -0.3 is 36.0 Å². The standard InChI is InChI=1S/C9H13F3INO6.C8H8O2/c1-2(15)3(16)5-7(18,9(10,11)12)8(13,19)4(14)6(17)20-5;1-6-4-2-3-5-7(6)8(9)10/h3-6,16-19H,14H2,1H3;2-5H,1H3,(H,9,10)/t3?,4-,5+,6?,7+,8+;/m0./s1. The number of halogens is 4. The maximum atomic E-state index is 13.1. The largest absolute Gasteiger partial charge is 0.478 e. The number of carboxylic acid groups (broad SMARTS) is 1. The van der Waals surface area contributed by atoms with Crippen molar-refractivity contribution in [1.29, 1.82) is 0 Å². The first kappa shape index (κ1) is 26.7. The second-order valence-corrected chi connectivity index (χ2v) is 8.23. The van der Waals surface area contributed by atoms with E-state index in [1.165, 1.54) is 0 Å². The van der Waals surface area contributed by atoms with Crippen LogP contribution in [0.15, 0.2) is 24.3 Å². The molecule has 6 atom stereocenters. The highest BCUT2D eigenvalue weighted by molar-refractivity contribution is 14.1. The molecule has 0 spiro atoms. The van der Waals surface area contributed by atoms with Crippen LogP contribution in [0, 0.1) is 6.92 Å². The summed E-state index contributed by atoms with van der Waals surface area (Å²) in [6.07, 6.45) is -12.6. The minimum Gasteiger partial charge on any atom is -0.478 e. The van der Waals surface area contributed by atoms with E-state index in [1.807, 2.05) is 6.07 Å². The van der Waals surface area contributed by atoms with E-state index in [4.69, 9.17) is 10.8 Å². The number of hydrogen-bond acceptors (Lipinski definition) is 8. The monoisotopic (exact) mass is 551 g/mol. The van der Waals surface area contributed by atoms with Gasteiger partial charge in [-0.15, -0.1) is 0 Å². The molecule has 9 nitrogen and oxygen atoms in total. The second-order valence-electron chi connectivity index (χ2n) is 6.59. The van der Waals surface area contributed by atoms with E-state index in [-0.39, 0.29) is 0 Å². The molecule has 1 heterocycles. The van der Waals surface area contributed by atoms with Crippen LogP contribution in [0.25, 0.3) is 0 Å². The van der Waals surface area contributed by atoms with Crippen molar-refractivity contribution in [2.75, 3.05) is 0 Å². The van der Waals surface area contributed by atoms with Gasteiger partial charge in [-0.2, -0.15) is 13.2 Å². The number of carbonyl (C=O) groups excluding carboxylic acids is 1. The number of ketones is 1. The van der Waals surface area contributed by atoms with E-state index in [2.05, 4.69) is 4.74 Å². The highest BCUT2D eigenvalue weighted by atomic mass is 127. The van der Waals surface area contributed by atoms with E-state index >= 15 is 0 Å². The molecule has 1 aromatic carbocycles. The van der Waals surface area contributed by atoms with Gasteiger partial charge >= 0.3 is 12.1 Å². The predicted molar refractivity (Wildman–Crippen MR) is 104 cm³/mol. The van der Waals surface area contributed by atoms with E-state index in [0.29, 0.717) is 5.56 Å². The number of Topliss-reactive ketones (excluding diaryl/α,β-unsaturated/α-hetero) is 1. The van der Waals surface area contributed by atoms with Crippen LogP contribution < -0.4 is 5.73 Å². The van der Waals surface area contributed by atoms with E-state index < -0.39 is 51.7 Å². The van der Waals surface area contributed by atoms with E-state index in [9.17, 15) is 43.2 Å². The number of benzene rings is 1. The van der Waals surface area contributed by atoms with Gasteiger partial charge in [0, 0.05) is 0 Å². The minimum atomic E-state index is -5.48. The van der Waals surface area contributed by atoms with Crippen molar-refractivity contribution >= 4 is 34.3 Å². The van der Waals surface area contributed by atoms with Gasteiger partial charge in [0.2, 0.25) is 5.60 Å². The number of carbonyl (C=O) groups is 2. The summed E-state index contributed by atoms with van der Waals surface area (Å²) in [7, 11) is 0. The molecule has 1 saturated heterocycles. The number of rotatable bonds is 3. The van der Waals surface area contributed by atoms with Crippen LogP contribution in [0.4, 0.5) is 13.2 Å². The van der Waals surface area contributed by atoms with Gasteiger partial charge in [0.15, 0.2) is 15.7 Å². The average Bonchev–Trinajstić information content (AvgIpc) is 2.62. The molecule has 30 heavy (non-hydrogen) atoms. The third kappa shape index (κ3) is 4.92. The highest BCUT2D eigenvalue weighted by Crippen LogP contribution is 2.51. The second kappa shape index (κ2) is 9.42. The van der Waals surface area contributed by atoms with Gasteiger partial charge in [-0.25, -0.2) is 4.79 Å². The Morgan fingerprint density at radius 2 is 1.77 bits per heavy atom. The molecule has 170 valence electrons. The summed E-state index contributed by atoms with van der Waals surface area (Å²) in [6.45, 7) is 2.54. The summed E-state index contributed by atoms with van der Waals surface area (Å²) < 4.78 is 40.7. The van der Waals surface area contributed by atoms with Crippen molar-refractivity contribution in [2.24, 2.45) is 5.73 Å². The first-order valence-electron chi connectivity index (χ1n) is 8.27. The van der Waals surface area contributed by atoms with E-state index in [0.717, 1.165) is 35.1 Å². The fourth-order valence-electron chi connectivity index (χ4n) is 2.66. The fraction of sp³-hybridized carbons (Fsp3) is 0.529. The zero-order valence-electron chi connectivity index (χ0n) is 15.7. The van der Waals surface area contributed by atoms with Crippen molar-refractivity contribution in [3.8, 4) is 0 Å². The molecular weight excluding hydrogens is 530 g/mol. The molecule has 1 aliphatic rings. The summed E-state index contributed by atoms with van der Waals surface area (Å²) in [6, 6.07) is 4.89. The first-order valence-corrected chi connectivity index (χ1v) is 9.34. The van der Waals surface area contributed by atoms with Crippen molar-refractivity contribution in [3.05, 3.63) is 35.4 Å². The molecule has 0 saturated carbocycles. The molecule has 0 amide bonds. The number of alkyl halides is 4. The molecule has 2 rings (SSSR count). The van der Waals surface area contributed by atoms with Crippen LogP contribution in [0.3, 0.4) is 0 Å². The predicted octanol–water partition coefficient (Wildman–Crippen LogP) is 0.0910. The van der Waals surface area contributed by atoms with Gasteiger partial charge in [-0.05, 0) is 48.1 Å². The lowest BCUT2D eigenvalue weighted by molar-refractivity contribution is -0.382. The van der Waals surface area contributed by atoms with Gasteiger partial charge in [-0.1, -0.05) is 18.2 Å². The lowest BCUT2D eigenvalue weighted by Gasteiger charge is -2.53. The SMILES string of the molecule is CC(=O)C(O)[C@H]1OC(O)[C@H](N)[C@](O)(I)[C@@]1(O)C(F)(F)F.Cc1ccccc1C(=O)O. The first-order chi connectivity index (χ1) is 13.5. The zero-order chi connectivity index (χ0) is 23.7. The normalized spacial score (nSPS) is 32.6. The number of aliphatic hydroxyl groups is 4. The van der Waals surface area contributed by atoms with E-state index in [1.54, 1.807) is 25.1 Å². The number of aliphatic hydroxyl groups excluding tert-OH is 2. The average molecular weight is 551 g/mol. The van der Waals surface area contributed by atoms with Crippen molar-refractivity contribution in [2.45, 2.75) is 53.8 Å². The maximum Gasteiger partial charge on any atom is 0.423 e. The van der Waals surface area contributed by atoms with Gasteiger partial charge in [0.25, 0.3) is 0 Å². The number of aromatic carboxylic acids is 1. The Hall–Kier alpha value is -1.36. The number of aryl methyl sites for hydroxylation is 1. The lowest BCUT2D eigenvalue weighted by atomic mass is 9.79. The summed E-state index contributed by atoms with van der Waals surface area (Å²) in [5, 5.41) is 47.2. The molecule has 1 fully saturated rings. The highest BCUT2D eigenvalue weighted by Gasteiger charge is 2.76. The van der Waals surface area contributed by atoms with Crippen LogP contribution in [0.2, 0.25) is 0 Å². The Morgan fingerprint density at radius 3 is 2.13 bits per heavy atom. The summed E-state index contributed by atoms with van der Waals surface area (Å²) in [5.74, 6) is -2.01. The Labute approximate surface area is 182 Å². The minimum absolute atomic E-state index is 0.377. The molecule has 0 radical (unpaired) electrons. The summed E-state index contributed by atoms with van der Waals surface area (Å²) in [4.78, 5) is 21.5. The molecule has 7 N–H and O–H groups in total. The van der Waals surface area contributed by atoms with Crippen molar-refractivity contribution in [3.63, 3.8) is 0 Å². The van der Waals surface area contributed by atoms with Crippen LogP contribution in [0.5, 0.6) is 0 Å². The van der Waals surface area contributed by atoms with Gasteiger partial charge in [-0.3, -0.25) is 4.79 Å². The molecule has 0 aliphatic carbocycles.